The smallest absolute Gasteiger partial charge is 0.269 e. The molecule has 218 valence electrons. The fourth-order valence-corrected chi connectivity index (χ4v) is 7.20. The van der Waals surface area contributed by atoms with Crippen LogP contribution in [0.3, 0.4) is 0 Å². The van der Waals surface area contributed by atoms with Crippen molar-refractivity contribution in [2.45, 2.75) is 17.8 Å². The molecule has 3 amide bonds. The van der Waals surface area contributed by atoms with Gasteiger partial charge in [0.05, 0.1) is 41.4 Å². The first-order valence-electron chi connectivity index (χ1n) is 14.1. The van der Waals surface area contributed by atoms with Gasteiger partial charge in [-0.3, -0.25) is 24.5 Å². The molecule has 3 aliphatic carbocycles. The molecule has 1 N–H and O–H groups in total. The Morgan fingerprint density at radius 2 is 1.55 bits per heavy atom. The van der Waals surface area contributed by atoms with Crippen molar-refractivity contribution in [1.29, 1.82) is 0 Å². The molecule has 1 fully saturated rings. The molecule has 8 rings (SSSR count). The molecule has 4 aromatic carbocycles. The average Bonchev–Trinajstić information content (AvgIpc) is 3.32. The van der Waals surface area contributed by atoms with Crippen LogP contribution in [0.5, 0.6) is 5.75 Å². The number of imide groups is 1. The van der Waals surface area contributed by atoms with Crippen molar-refractivity contribution in [1.82, 2.24) is 5.43 Å². The maximum atomic E-state index is 14.4. The lowest BCUT2D eigenvalue weighted by molar-refractivity contribution is -0.384. The summed E-state index contributed by atoms with van der Waals surface area (Å²) in [6.07, 6.45) is 1.69. The van der Waals surface area contributed by atoms with Gasteiger partial charge < -0.3 is 4.74 Å². The van der Waals surface area contributed by atoms with E-state index >= 15 is 0 Å². The van der Waals surface area contributed by atoms with Crippen molar-refractivity contribution in [3.63, 3.8) is 0 Å². The SMILES string of the molecule is COc1ccc(CC(=O)N/N=C\C23c4ccccc4C(c4ccccc42)[C@@H]2C(=O)N(c4ccc([N+](=O)[O-])cc4)C(=O)[C@@H]23)cc1. The van der Waals surface area contributed by atoms with Crippen molar-refractivity contribution in [2.75, 3.05) is 12.0 Å². The zero-order chi connectivity index (χ0) is 30.6. The Balaban J connectivity index is 1.31. The van der Waals surface area contributed by atoms with Gasteiger partial charge in [0.2, 0.25) is 17.7 Å². The molecule has 0 spiro atoms. The summed E-state index contributed by atoms with van der Waals surface area (Å²) < 4.78 is 5.19. The van der Waals surface area contributed by atoms with E-state index in [-0.39, 0.29) is 35.5 Å². The van der Waals surface area contributed by atoms with E-state index in [1.165, 1.54) is 24.3 Å². The highest BCUT2D eigenvalue weighted by Gasteiger charge is 2.68. The summed E-state index contributed by atoms with van der Waals surface area (Å²) in [7, 11) is 1.57. The number of non-ortho nitro benzene ring substituents is 1. The molecule has 0 radical (unpaired) electrons. The maximum Gasteiger partial charge on any atom is 0.269 e. The molecule has 2 atom stereocenters. The van der Waals surface area contributed by atoms with E-state index in [0.717, 1.165) is 32.7 Å². The number of amides is 3. The van der Waals surface area contributed by atoms with E-state index < -0.39 is 28.1 Å². The minimum absolute atomic E-state index is 0.0843. The van der Waals surface area contributed by atoms with Crippen LogP contribution in [-0.4, -0.2) is 36.0 Å². The number of hydrogen-bond donors (Lipinski definition) is 1. The number of nitro groups is 1. The van der Waals surface area contributed by atoms with Crippen LogP contribution in [0.2, 0.25) is 0 Å². The number of nitrogens with one attached hydrogen (secondary N) is 1. The molecule has 4 aromatic rings. The monoisotopic (exact) mass is 586 g/mol. The second kappa shape index (κ2) is 10.3. The molecule has 0 saturated carbocycles. The normalized spacial score (nSPS) is 22.8. The van der Waals surface area contributed by atoms with Crippen LogP contribution in [0.4, 0.5) is 11.4 Å². The quantitative estimate of drug-likeness (QED) is 0.147. The highest BCUT2D eigenvalue weighted by atomic mass is 16.6. The van der Waals surface area contributed by atoms with Crippen molar-refractivity contribution >= 4 is 35.3 Å². The van der Waals surface area contributed by atoms with Crippen LogP contribution in [0, 0.1) is 22.0 Å². The number of carbonyl (C=O) groups is 3. The Kier molecular flexibility index (Phi) is 6.35. The summed E-state index contributed by atoms with van der Waals surface area (Å²) in [4.78, 5) is 53.4. The molecular weight excluding hydrogens is 560 g/mol. The Labute approximate surface area is 252 Å². The fraction of sp³-hybridized carbons (Fsp3) is 0.176. The predicted molar refractivity (Wildman–Crippen MR) is 161 cm³/mol. The summed E-state index contributed by atoms with van der Waals surface area (Å²) in [5.74, 6) is -2.39. The summed E-state index contributed by atoms with van der Waals surface area (Å²) in [5, 5.41) is 15.7. The third kappa shape index (κ3) is 3.94. The molecule has 1 heterocycles. The van der Waals surface area contributed by atoms with Gasteiger partial charge in [-0.15, -0.1) is 0 Å². The van der Waals surface area contributed by atoms with E-state index in [2.05, 4.69) is 10.5 Å². The lowest BCUT2D eigenvalue weighted by atomic mass is 9.47. The third-order valence-electron chi connectivity index (χ3n) is 8.98. The van der Waals surface area contributed by atoms with Gasteiger partial charge in [0.25, 0.3) is 5.69 Å². The number of anilines is 1. The lowest BCUT2D eigenvalue weighted by Gasteiger charge is -2.52. The number of methoxy groups -OCH3 is 1. The lowest BCUT2D eigenvalue weighted by Crippen LogP contribution is -2.54. The van der Waals surface area contributed by atoms with Crippen LogP contribution < -0.4 is 15.1 Å². The summed E-state index contributed by atoms with van der Waals surface area (Å²) in [5.41, 5.74) is 5.95. The van der Waals surface area contributed by atoms with Crippen LogP contribution in [0.15, 0.2) is 102 Å². The van der Waals surface area contributed by atoms with Gasteiger partial charge in [0.15, 0.2) is 0 Å². The molecular formula is C34H26N4O6. The van der Waals surface area contributed by atoms with Crippen LogP contribution >= 0.6 is 0 Å². The fourth-order valence-electron chi connectivity index (χ4n) is 7.20. The van der Waals surface area contributed by atoms with Gasteiger partial charge in [-0.2, -0.15) is 5.10 Å². The van der Waals surface area contributed by atoms with Gasteiger partial charge in [-0.1, -0.05) is 60.7 Å². The van der Waals surface area contributed by atoms with E-state index in [1.54, 1.807) is 37.6 Å². The molecule has 44 heavy (non-hydrogen) atoms. The van der Waals surface area contributed by atoms with E-state index in [0.29, 0.717) is 5.75 Å². The molecule has 1 aliphatic heterocycles. The van der Waals surface area contributed by atoms with Crippen molar-refractivity contribution in [3.05, 3.63) is 135 Å². The number of rotatable bonds is 7. The molecule has 4 aliphatic rings. The Morgan fingerprint density at radius 3 is 2.14 bits per heavy atom. The predicted octanol–water partition coefficient (Wildman–Crippen LogP) is 4.50. The number of ether oxygens (including phenoxy) is 1. The van der Waals surface area contributed by atoms with Gasteiger partial charge in [-0.25, -0.2) is 10.3 Å². The van der Waals surface area contributed by atoms with Crippen LogP contribution in [0.1, 0.15) is 33.7 Å². The van der Waals surface area contributed by atoms with Gasteiger partial charge in [0, 0.05) is 24.3 Å². The Morgan fingerprint density at radius 1 is 0.932 bits per heavy atom. The average molecular weight is 587 g/mol. The van der Waals surface area contributed by atoms with Crippen molar-refractivity contribution in [2.24, 2.45) is 16.9 Å². The van der Waals surface area contributed by atoms with E-state index in [4.69, 9.17) is 4.74 Å². The number of nitrogens with zero attached hydrogens (tertiary/aromatic N) is 3. The number of benzene rings is 4. The number of hydrogen-bond acceptors (Lipinski definition) is 7. The van der Waals surface area contributed by atoms with Gasteiger partial charge in [-0.05, 0) is 52.1 Å². The molecule has 10 heteroatoms. The second-order valence-corrected chi connectivity index (χ2v) is 11.1. The topological polar surface area (TPSA) is 131 Å². The Bertz CT molecular complexity index is 1820. The van der Waals surface area contributed by atoms with Crippen molar-refractivity contribution < 1.29 is 24.0 Å². The third-order valence-corrected chi connectivity index (χ3v) is 8.98. The van der Waals surface area contributed by atoms with Crippen LogP contribution in [-0.2, 0) is 26.2 Å². The molecule has 2 bridgehead atoms. The first kappa shape index (κ1) is 27.2. The molecule has 1 saturated heterocycles. The minimum Gasteiger partial charge on any atom is -0.497 e. The standard InChI is InChI=1S/C34H26N4O6/c1-44-23-16-10-20(11-17-23)18-28(39)36-35-19-34-26-8-4-2-6-24(26)29(25-7-3-5-9-27(25)34)30-31(34)33(41)37(32(30)40)21-12-14-22(15-13-21)38(42)43/h2-17,19,29-31H,18H2,1H3,(H,36,39)/b35-19-/t29?,30-,31+,34?/m0/s1. The van der Waals surface area contributed by atoms with Gasteiger partial charge >= 0.3 is 0 Å². The van der Waals surface area contributed by atoms with E-state index in [1.807, 2.05) is 48.5 Å². The van der Waals surface area contributed by atoms with Crippen LogP contribution in [0.25, 0.3) is 0 Å². The highest BCUT2D eigenvalue weighted by molar-refractivity contribution is 6.25. The number of hydrazone groups is 1. The molecule has 10 nitrogen and oxygen atoms in total. The number of carbonyl (C=O) groups excluding carboxylic acids is 3. The summed E-state index contributed by atoms with van der Waals surface area (Å²) in [6, 6.07) is 28.0. The second-order valence-electron chi connectivity index (χ2n) is 11.1. The maximum absolute atomic E-state index is 14.4. The summed E-state index contributed by atoms with van der Waals surface area (Å²) >= 11 is 0. The molecule has 0 unspecified atom stereocenters. The largest absolute Gasteiger partial charge is 0.497 e. The summed E-state index contributed by atoms with van der Waals surface area (Å²) in [6.45, 7) is 0. The first-order chi connectivity index (χ1) is 21.3. The van der Waals surface area contributed by atoms with E-state index in [9.17, 15) is 24.5 Å². The minimum atomic E-state index is -1.15. The first-order valence-corrected chi connectivity index (χ1v) is 14.1. The Hall–Kier alpha value is -5.64. The molecule has 0 aromatic heterocycles. The number of nitro benzene ring substituents is 1. The highest BCUT2D eigenvalue weighted by Crippen LogP contribution is 2.63. The zero-order valence-corrected chi connectivity index (χ0v) is 23.5. The zero-order valence-electron chi connectivity index (χ0n) is 23.5. The van der Waals surface area contributed by atoms with Crippen molar-refractivity contribution in [3.8, 4) is 5.75 Å². The van der Waals surface area contributed by atoms with Gasteiger partial charge in [0.1, 0.15) is 5.75 Å².